The van der Waals surface area contributed by atoms with Crippen LogP contribution in [0.1, 0.15) is 12.8 Å². The maximum Gasteiger partial charge on any atom is 0.266 e. The molecule has 11 heteroatoms. The van der Waals surface area contributed by atoms with E-state index >= 15 is 0 Å². The fourth-order valence-electron chi connectivity index (χ4n) is 0.991. The molecule has 3 amide bonds. The Balaban J connectivity index is 0. The molecule has 0 aliphatic heterocycles. The summed E-state index contributed by atoms with van der Waals surface area (Å²) in [5.74, 6) is 11.6. The van der Waals surface area contributed by atoms with Gasteiger partial charge in [-0.15, -0.1) is 0 Å². The molecule has 0 atom stereocenters. The predicted molar refractivity (Wildman–Crippen MR) is 56.2 cm³/mol. The molecule has 0 rings (SSSR count). The van der Waals surface area contributed by atoms with E-state index in [1.54, 1.807) is 16.3 Å². The van der Waals surface area contributed by atoms with E-state index in [1.807, 2.05) is 0 Å². The normalized spacial score (nSPS) is 9.88. The molecule has 0 bridgehead atoms. The topological polar surface area (TPSA) is 221 Å². The second-order valence-corrected chi connectivity index (χ2v) is 2.99. The Bertz CT molecular complexity index is 276. The Morgan fingerprint density at radius 3 is 1.53 bits per heavy atom. The number of hydrogen-bond acceptors (Lipinski definition) is 8. The van der Waals surface area contributed by atoms with Gasteiger partial charge in [0.15, 0.2) is 5.60 Å². The summed E-state index contributed by atoms with van der Waals surface area (Å²) in [7, 11) is 0. The van der Waals surface area contributed by atoms with Crippen molar-refractivity contribution in [2.24, 2.45) is 17.5 Å². The largest absolute Gasteiger partial charge is 0.379 e. The lowest BCUT2D eigenvalue weighted by molar-refractivity contribution is -0.149. The number of hydrogen-bond donors (Lipinski definition) is 8. The molecule has 0 spiro atoms. The Morgan fingerprint density at radius 1 is 0.941 bits per heavy atom. The zero-order chi connectivity index (χ0) is 12.8. The Morgan fingerprint density at radius 2 is 1.29 bits per heavy atom. The van der Waals surface area contributed by atoms with Crippen molar-refractivity contribution in [3.8, 4) is 0 Å². The van der Waals surface area contributed by atoms with Gasteiger partial charge >= 0.3 is 0 Å². The number of carbonyl (C=O) groups excluding carboxylic acids is 3. The number of aliphatic hydroxyl groups is 1. The molecule has 0 radical (unpaired) electrons. The smallest absolute Gasteiger partial charge is 0.266 e. The molecule has 13 N–H and O–H groups in total. The summed E-state index contributed by atoms with van der Waals surface area (Å²) in [6.45, 7) is 0. The van der Waals surface area contributed by atoms with Crippen molar-refractivity contribution in [2.45, 2.75) is 18.4 Å². The SMILES string of the molecule is N.NNC(=O)CC(O)(CC(=O)NN)C(=O)NN. The molecule has 17 heavy (non-hydrogen) atoms. The lowest BCUT2D eigenvalue weighted by atomic mass is 9.94. The van der Waals surface area contributed by atoms with Crippen molar-refractivity contribution in [3.63, 3.8) is 0 Å². The summed E-state index contributed by atoms with van der Waals surface area (Å²) < 4.78 is 0. The third kappa shape index (κ3) is 5.19. The van der Waals surface area contributed by atoms with Crippen LogP contribution >= 0.6 is 0 Å². The highest BCUT2D eigenvalue weighted by molar-refractivity contribution is 5.94. The van der Waals surface area contributed by atoms with Crippen LogP contribution in [0, 0.1) is 0 Å². The van der Waals surface area contributed by atoms with E-state index < -0.39 is 36.2 Å². The summed E-state index contributed by atoms with van der Waals surface area (Å²) >= 11 is 0. The zero-order valence-electron chi connectivity index (χ0n) is 9.03. The summed E-state index contributed by atoms with van der Waals surface area (Å²) in [6, 6.07) is 0. The molecule has 0 fully saturated rings. The number of hydrazine groups is 3. The monoisotopic (exact) mass is 251 g/mol. The molecule has 0 unspecified atom stereocenters. The third-order valence-electron chi connectivity index (χ3n) is 1.78. The fourth-order valence-corrected chi connectivity index (χ4v) is 0.991. The quantitative estimate of drug-likeness (QED) is 0.135. The minimum Gasteiger partial charge on any atom is -0.379 e. The predicted octanol–water partition coefficient (Wildman–Crippen LogP) is -4.37. The van der Waals surface area contributed by atoms with Gasteiger partial charge in [-0.3, -0.25) is 30.7 Å². The van der Waals surface area contributed by atoms with Gasteiger partial charge in [0.1, 0.15) is 0 Å². The summed E-state index contributed by atoms with van der Waals surface area (Å²) in [4.78, 5) is 33.1. The van der Waals surface area contributed by atoms with Gasteiger partial charge in [-0.25, -0.2) is 17.5 Å². The maximum absolute atomic E-state index is 11.2. The van der Waals surface area contributed by atoms with E-state index in [0.29, 0.717) is 0 Å². The van der Waals surface area contributed by atoms with Gasteiger partial charge in [-0.1, -0.05) is 0 Å². The first kappa shape index (κ1) is 17.6. The second kappa shape index (κ2) is 7.48. The molecule has 0 aromatic heterocycles. The van der Waals surface area contributed by atoms with E-state index in [0.717, 1.165) is 0 Å². The van der Waals surface area contributed by atoms with Gasteiger partial charge in [0.05, 0.1) is 12.8 Å². The zero-order valence-corrected chi connectivity index (χ0v) is 9.03. The number of nitrogens with two attached hydrogens (primary N) is 3. The molecule has 0 aliphatic carbocycles. The molecule has 11 nitrogen and oxygen atoms in total. The molecule has 0 aromatic rings. The van der Waals surface area contributed by atoms with E-state index in [-0.39, 0.29) is 6.15 Å². The standard InChI is InChI=1S/C6H14N6O4.H3N/c7-10-3(13)1-6(16,5(15)12-9)2-4(14)11-8;/h16H,1-2,7-9H2,(H,10,13)(H,11,14)(H,12,15);1H3. The van der Waals surface area contributed by atoms with Gasteiger partial charge in [0, 0.05) is 0 Å². The molecule has 0 heterocycles. The van der Waals surface area contributed by atoms with Crippen LogP contribution in [0.3, 0.4) is 0 Å². The van der Waals surface area contributed by atoms with Crippen LogP contribution < -0.4 is 40.0 Å². The number of nitrogens with one attached hydrogen (secondary N) is 3. The maximum atomic E-state index is 11.2. The first-order valence-electron chi connectivity index (χ1n) is 4.12. The van der Waals surface area contributed by atoms with Crippen LogP contribution in [-0.2, 0) is 14.4 Å². The van der Waals surface area contributed by atoms with Gasteiger partial charge in [-0.05, 0) is 0 Å². The van der Waals surface area contributed by atoms with Gasteiger partial charge < -0.3 is 11.3 Å². The average molecular weight is 251 g/mol. The highest BCUT2D eigenvalue weighted by atomic mass is 16.3. The molecular weight excluding hydrogens is 234 g/mol. The Hall–Kier alpha value is -1.79. The van der Waals surface area contributed by atoms with Gasteiger partial charge in [0.25, 0.3) is 5.91 Å². The number of carbonyl (C=O) groups is 3. The summed E-state index contributed by atoms with van der Waals surface area (Å²) in [5, 5.41) is 9.76. The molecule has 0 saturated heterocycles. The van der Waals surface area contributed by atoms with Crippen molar-refractivity contribution >= 4 is 17.7 Å². The average Bonchev–Trinajstić information content (AvgIpc) is 2.27. The second-order valence-electron chi connectivity index (χ2n) is 2.99. The third-order valence-corrected chi connectivity index (χ3v) is 1.78. The van der Waals surface area contributed by atoms with Gasteiger partial charge in [0.2, 0.25) is 11.8 Å². The fraction of sp³-hybridized carbons (Fsp3) is 0.500. The van der Waals surface area contributed by atoms with Crippen LogP contribution in [0.2, 0.25) is 0 Å². The van der Waals surface area contributed by atoms with Crippen molar-refractivity contribution in [3.05, 3.63) is 0 Å². The van der Waals surface area contributed by atoms with E-state index in [4.69, 9.17) is 17.5 Å². The van der Waals surface area contributed by atoms with Crippen molar-refractivity contribution in [1.29, 1.82) is 0 Å². The van der Waals surface area contributed by atoms with E-state index in [1.165, 1.54) is 0 Å². The number of amides is 3. The molecule has 0 aliphatic rings. The Kier molecular flexibility index (Phi) is 7.74. The van der Waals surface area contributed by atoms with Crippen molar-refractivity contribution < 1.29 is 19.5 Å². The van der Waals surface area contributed by atoms with Crippen LogP contribution in [0.5, 0.6) is 0 Å². The molecule has 100 valence electrons. The van der Waals surface area contributed by atoms with Crippen molar-refractivity contribution in [1.82, 2.24) is 22.4 Å². The summed E-state index contributed by atoms with van der Waals surface area (Å²) in [6.07, 6.45) is -1.44. The first-order chi connectivity index (χ1) is 7.39. The number of rotatable bonds is 5. The van der Waals surface area contributed by atoms with Crippen LogP contribution in [0.4, 0.5) is 0 Å². The highest BCUT2D eigenvalue weighted by Crippen LogP contribution is 2.15. The van der Waals surface area contributed by atoms with Crippen LogP contribution in [0.25, 0.3) is 0 Å². The first-order valence-corrected chi connectivity index (χ1v) is 4.12. The summed E-state index contributed by atoms with van der Waals surface area (Å²) in [5.41, 5.74) is 2.75. The molecular formula is C6H17N7O4. The van der Waals surface area contributed by atoms with E-state index in [9.17, 15) is 19.5 Å². The minimum atomic E-state index is -2.30. The van der Waals surface area contributed by atoms with Crippen LogP contribution in [0.15, 0.2) is 0 Å². The Labute approximate surface area is 96.6 Å². The van der Waals surface area contributed by atoms with Crippen molar-refractivity contribution in [2.75, 3.05) is 0 Å². The lowest BCUT2D eigenvalue weighted by Crippen LogP contribution is -2.54. The lowest BCUT2D eigenvalue weighted by Gasteiger charge is -2.23. The highest BCUT2D eigenvalue weighted by Gasteiger charge is 2.40. The van der Waals surface area contributed by atoms with Gasteiger partial charge in [-0.2, -0.15) is 0 Å². The molecule has 0 saturated carbocycles. The van der Waals surface area contributed by atoms with Crippen LogP contribution in [-0.4, -0.2) is 28.4 Å². The molecule has 0 aromatic carbocycles. The van der Waals surface area contributed by atoms with E-state index in [2.05, 4.69) is 0 Å². The minimum absolute atomic E-state index is 0.